The zero-order valence-electron chi connectivity index (χ0n) is 6.17. The fraction of sp³-hybridized carbons (Fsp3) is 0.250. The predicted octanol–water partition coefficient (Wildman–Crippen LogP) is 3.63. The molecule has 1 aromatic carbocycles. The molecule has 0 amide bonds. The maximum absolute atomic E-state index is 5.85. The molecule has 0 bridgehead atoms. The summed E-state index contributed by atoms with van der Waals surface area (Å²) in [6, 6.07) is 6.00. The van der Waals surface area contributed by atoms with Gasteiger partial charge in [-0.1, -0.05) is 11.6 Å². The first-order chi connectivity index (χ1) is 5.24. The van der Waals surface area contributed by atoms with E-state index in [1.165, 1.54) is 4.90 Å². The summed E-state index contributed by atoms with van der Waals surface area (Å²) in [5.74, 6) is 0. The van der Waals surface area contributed by atoms with E-state index in [0.717, 1.165) is 15.7 Å². The highest BCUT2D eigenvalue weighted by molar-refractivity contribution is 8.09. The standard InChI is InChI=1S/C8H9ClS2/c1-6-4-7(11-5-10)2-3-8(6)9/h2-4,10H,5H2,1H3. The highest BCUT2D eigenvalue weighted by atomic mass is 35.5. The van der Waals surface area contributed by atoms with E-state index < -0.39 is 0 Å². The molecule has 1 aromatic rings. The predicted molar refractivity (Wildman–Crippen MR) is 55.9 cm³/mol. The molecule has 1 rings (SSSR count). The number of aryl methyl sites for hydroxylation is 1. The Balaban J connectivity index is 2.86. The molecule has 11 heavy (non-hydrogen) atoms. The summed E-state index contributed by atoms with van der Waals surface area (Å²) in [4.78, 5) is 1.22. The van der Waals surface area contributed by atoms with Crippen LogP contribution in [0.15, 0.2) is 23.1 Å². The second-order valence-electron chi connectivity index (χ2n) is 2.18. The molecule has 0 nitrogen and oxygen atoms in total. The van der Waals surface area contributed by atoms with Crippen LogP contribution in [-0.2, 0) is 0 Å². The average molecular weight is 205 g/mol. The molecule has 3 heteroatoms. The molecule has 0 aromatic heterocycles. The van der Waals surface area contributed by atoms with Crippen LogP contribution in [-0.4, -0.2) is 5.08 Å². The van der Waals surface area contributed by atoms with Crippen molar-refractivity contribution in [3.05, 3.63) is 28.8 Å². The lowest BCUT2D eigenvalue weighted by Gasteiger charge is -2.00. The Morgan fingerprint density at radius 3 is 2.82 bits per heavy atom. The van der Waals surface area contributed by atoms with Gasteiger partial charge in [0, 0.05) is 15.0 Å². The number of rotatable bonds is 2. The molecule has 0 aliphatic carbocycles. The van der Waals surface area contributed by atoms with E-state index in [1.807, 2.05) is 19.1 Å². The van der Waals surface area contributed by atoms with Crippen LogP contribution in [0.2, 0.25) is 5.02 Å². The third-order valence-corrected chi connectivity index (χ3v) is 2.89. The highest BCUT2D eigenvalue weighted by Crippen LogP contribution is 2.24. The first-order valence-electron chi connectivity index (χ1n) is 3.24. The summed E-state index contributed by atoms with van der Waals surface area (Å²) in [6.07, 6.45) is 0. The third kappa shape index (κ3) is 2.62. The largest absolute Gasteiger partial charge is 0.168 e. The van der Waals surface area contributed by atoms with Gasteiger partial charge in [0.05, 0.1) is 0 Å². The number of thioether (sulfide) groups is 1. The topological polar surface area (TPSA) is 0 Å². The third-order valence-electron chi connectivity index (χ3n) is 1.36. The van der Waals surface area contributed by atoms with Crippen LogP contribution >= 0.6 is 36.0 Å². The zero-order chi connectivity index (χ0) is 8.27. The molecule has 0 unspecified atom stereocenters. The molecule has 0 atom stereocenters. The SMILES string of the molecule is Cc1cc(SCS)ccc1Cl. The van der Waals surface area contributed by atoms with Gasteiger partial charge < -0.3 is 0 Å². The Labute approximate surface area is 81.7 Å². The first kappa shape index (κ1) is 9.30. The van der Waals surface area contributed by atoms with E-state index in [9.17, 15) is 0 Å². The van der Waals surface area contributed by atoms with E-state index in [2.05, 4.69) is 18.7 Å². The van der Waals surface area contributed by atoms with Gasteiger partial charge >= 0.3 is 0 Å². The lowest BCUT2D eigenvalue weighted by molar-refractivity contribution is 1.36. The van der Waals surface area contributed by atoms with Crippen LogP contribution in [0.5, 0.6) is 0 Å². The summed E-state index contributed by atoms with van der Waals surface area (Å²) in [5, 5.41) is 1.63. The van der Waals surface area contributed by atoms with E-state index >= 15 is 0 Å². The van der Waals surface area contributed by atoms with Crippen molar-refractivity contribution < 1.29 is 0 Å². The molecule has 0 spiro atoms. The van der Waals surface area contributed by atoms with Crippen LogP contribution in [0.4, 0.5) is 0 Å². The molecule has 60 valence electrons. The van der Waals surface area contributed by atoms with Gasteiger partial charge in [0.25, 0.3) is 0 Å². The van der Waals surface area contributed by atoms with Gasteiger partial charge in [0.1, 0.15) is 0 Å². The molecule has 0 aliphatic heterocycles. The second-order valence-corrected chi connectivity index (χ2v) is 4.38. The van der Waals surface area contributed by atoms with Crippen LogP contribution in [0.1, 0.15) is 5.56 Å². The van der Waals surface area contributed by atoms with Gasteiger partial charge in [-0.3, -0.25) is 0 Å². The average Bonchev–Trinajstić information content (AvgIpc) is 1.98. The molecule has 0 radical (unpaired) electrons. The van der Waals surface area contributed by atoms with E-state index in [-0.39, 0.29) is 0 Å². The molecular weight excluding hydrogens is 196 g/mol. The molecule has 0 heterocycles. The van der Waals surface area contributed by atoms with Crippen molar-refractivity contribution >= 4 is 36.0 Å². The molecular formula is C8H9ClS2. The summed E-state index contributed by atoms with van der Waals surface area (Å²) < 4.78 is 0. The smallest absolute Gasteiger partial charge is 0.0435 e. The summed E-state index contributed by atoms with van der Waals surface area (Å²) >= 11 is 11.7. The van der Waals surface area contributed by atoms with Crippen molar-refractivity contribution in [3.8, 4) is 0 Å². The number of halogens is 1. The van der Waals surface area contributed by atoms with Crippen molar-refractivity contribution in [2.24, 2.45) is 0 Å². The van der Waals surface area contributed by atoms with Crippen molar-refractivity contribution in [2.75, 3.05) is 5.08 Å². The summed E-state index contributed by atoms with van der Waals surface area (Å²) in [7, 11) is 0. The maximum Gasteiger partial charge on any atom is 0.0435 e. The van der Waals surface area contributed by atoms with Gasteiger partial charge in [-0.15, -0.1) is 11.8 Å². The first-order valence-corrected chi connectivity index (χ1v) is 5.23. The van der Waals surface area contributed by atoms with Crippen molar-refractivity contribution in [1.29, 1.82) is 0 Å². The van der Waals surface area contributed by atoms with Gasteiger partial charge in [0.15, 0.2) is 0 Å². The Hall–Kier alpha value is 0.210. The lowest BCUT2D eigenvalue weighted by Crippen LogP contribution is -1.76. The molecule has 0 fully saturated rings. The van der Waals surface area contributed by atoms with Crippen LogP contribution in [0.3, 0.4) is 0 Å². The van der Waals surface area contributed by atoms with Gasteiger partial charge in [0.2, 0.25) is 0 Å². The van der Waals surface area contributed by atoms with Crippen LogP contribution < -0.4 is 0 Å². The van der Waals surface area contributed by atoms with Crippen LogP contribution in [0, 0.1) is 6.92 Å². The monoisotopic (exact) mass is 204 g/mol. The summed E-state index contributed by atoms with van der Waals surface area (Å²) in [5.41, 5.74) is 1.12. The van der Waals surface area contributed by atoms with E-state index in [1.54, 1.807) is 11.8 Å². The van der Waals surface area contributed by atoms with Crippen molar-refractivity contribution in [1.82, 2.24) is 0 Å². The Kier molecular flexibility index (Phi) is 3.63. The minimum Gasteiger partial charge on any atom is -0.168 e. The lowest BCUT2D eigenvalue weighted by atomic mass is 10.2. The minimum atomic E-state index is 0.807. The van der Waals surface area contributed by atoms with Gasteiger partial charge in [-0.2, -0.15) is 12.6 Å². The van der Waals surface area contributed by atoms with Crippen molar-refractivity contribution in [2.45, 2.75) is 11.8 Å². The zero-order valence-corrected chi connectivity index (χ0v) is 8.64. The van der Waals surface area contributed by atoms with E-state index in [0.29, 0.717) is 0 Å². The Morgan fingerprint density at radius 1 is 1.55 bits per heavy atom. The maximum atomic E-state index is 5.85. The highest BCUT2D eigenvalue weighted by Gasteiger charge is 1.96. The summed E-state index contributed by atoms with van der Waals surface area (Å²) in [6.45, 7) is 2.00. The number of hydrogen-bond acceptors (Lipinski definition) is 2. The van der Waals surface area contributed by atoms with Gasteiger partial charge in [-0.05, 0) is 30.7 Å². The molecule has 0 saturated heterocycles. The Bertz CT molecular complexity index is 248. The quantitative estimate of drug-likeness (QED) is 0.436. The minimum absolute atomic E-state index is 0.807. The normalized spacial score (nSPS) is 10.1. The fourth-order valence-corrected chi connectivity index (χ4v) is 1.92. The molecule has 0 N–H and O–H groups in total. The van der Waals surface area contributed by atoms with Crippen molar-refractivity contribution in [3.63, 3.8) is 0 Å². The molecule has 0 aliphatic rings. The van der Waals surface area contributed by atoms with Crippen LogP contribution in [0.25, 0.3) is 0 Å². The second kappa shape index (κ2) is 4.29. The molecule has 0 saturated carbocycles. The number of hydrogen-bond donors (Lipinski definition) is 1. The van der Waals surface area contributed by atoms with Gasteiger partial charge in [-0.25, -0.2) is 0 Å². The fourth-order valence-electron chi connectivity index (χ4n) is 0.782. The Morgan fingerprint density at radius 2 is 2.27 bits per heavy atom. The number of thiol groups is 1. The van der Waals surface area contributed by atoms with E-state index in [4.69, 9.17) is 11.6 Å². The number of benzene rings is 1.